The van der Waals surface area contributed by atoms with Crippen molar-refractivity contribution < 1.29 is 0 Å². The van der Waals surface area contributed by atoms with Gasteiger partial charge in [0.2, 0.25) is 0 Å². The van der Waals surface area contributed by atoms with Crippen molar-refractivity contribution in [3.05, 3.63) is 35.4 Å². The minimum absolute atomic E-state index is 0.0360. The second kappa shape index (κ2) is 4.40. The lowest BCUT2D eigenvalue weighted by Crippen LogP contribution is -2.45. The van der Waals surface area contributed by atoms with Crippen molar-refractivity contribution >= 4 is 5.96 Å². The van der Waals surface area contributed by atoms with Crippen molar-refractivity contribution in [2.75, 3.05) is 0 Å². The normalized spacial score (nSPS) is 20.2. The first-order valence-corrected chi connectivity index (χ1v) is 6.15. The molecular weight excluding hydrogens is 210 g/mol. The third-order valence-electron chi connectivity index (χ3n) is 2.90. The number of nitrogens with zero attached hydrogens (tertiary/aromatic N) is 1. The second-order valence-corrected chi connectivity index (χ2v) is 5.64. The Kier molecular flexibility index (Phi) is 3.09. The van der Waals surface area contributed by atoms with Gasteiger partial charge in [-0.15, -0.1) is 0 Å². The van der Waals surface area contributed by atoms with E-state index in [0.29, 0.717) is 5.96 Å². The molecule has 3 nitrogen and oxygen atoms in total. The van der Waals surface area contributed by atoms with E-state index in [1.54, 1.807) is 0 Å². The van der Waals surface area contributed by atoms with Gasteiger partial charge in [-0.2, -0.15) is 0 Å². The largest absolute Gasteiger partial charge is 0.370 e. The van der Waals surface area contributed by atoms with E-state index in [4.69, 9.17) is 5.73 Å². The van der Waals surface area contributed by atoms with Gasteiger partial charge in [-0.25, -0.2) is 4.99 Å². The van der Waals surface area contributed by atoms with E-state index in [0.717, 1.165) is 12.8 Å². The summed E-state index contributed by atoms with van der Waals surface area (Å²) in [6.45, 7) is 6.24. The molecule has 1 aromatic carbocycles. The highest BCUT2D eigenvalue weighted by atomic mass is 15.1. The van der Waals surface area contributed by atoms with Crippen molar-refractivity contribution in [3.63, 3.8) is 0 Å². The summed E-state index contributed by atoms with van der Waals surface area (Å²) in [5, 5.41) is 3.20. The number of nitrogens with two attached hydrogens (primary N) is 1. The van der Waals surface area contributed by atoms with Crippen LogP contribution in [0.15, 0.2) is 29.3 Å². The first-order chi connectivity index (χ1) is 7.96. The van der Waals surface area contributed by atoms with Crippen LogP contribution in [0.4, 0.5) is 0 Å². The summed E-state index contributed by atoms with van der Waals surface area (Å²) in [4.78, 5) is 4.59. The highest BCUT2D eigenvalue weighted by Crippen LogP contribution is 2.33. The van der Waals surface area contributed by atoms with E-state index >= 15 is 0 Å². The van der Waals surface area contributed by atoms with Gasteiger partial charge < -0.3 is 11.1 Å². The van der Waals surface area contributed by atoms with Crippen LogP contribution in [0.3, 0.4) is 0 Å². The maximum atomic E-state index is 5.94. The van der Waals surface area contributed by atoms with E-state index < -0.39 is 0 Å². The van der Waals surface area contributed by atoms with Crippen LogP contribution in [0.1, 0.15) is 44.4 Å². The summed E-state index contributed by atoms with van der Waals surface area (Å²) in [6.07, 6.45) is 2.17. The molecule has 0 saturated heterocycles. The molecule has 0 aliphatic heterocycles. The van der Waals surface area contributed by atoms with E-state index in [-0.39, 0.29) is 11.6 Å². The third kappa shape index (κ3) is 2.99. The fraction of sp³-hybridized carbons (Fsp3) is 0.500. The van der Waals surface area contributed by atoms with Gasteiger partial charge in [0.05, 0.1) is 6.04 Å². The number of benzene rings is 1. The molecule has 1 atom stereocenters. The molecule has 0 bridgehead atoms. The van der Waals surface area contributed by atoms with Gasteiger partial charge >= 0.3 is 0 Å². The molecule has 0 amide bonds. The maximum absolute atomic E-state index is 5.94. The van der Waals surface area contributed by atoms with Crippen LogP contribution < -0.4 is 11.1 Å². The minimum Gasteiger partial charge on any atom is -0.370 e. The molecule has 0 fully saturated rings. The van der Waals surface area contributed by atoms with Crippen molar-refractivity contribution in [2.24, 2.45) is 10.7 Å². The maximum Gasteiger partial charge on any atom is 0.189 e. The molecule has 1 aromatic rings. The van der Waals surface area contributed by atoms with E-state index in [2.05, 4.69) is 55.3 Å². The summed E-state index contributed by atoms with van der Waals surface area (Å²) >= 11 is 0. The van der Waals surface area contributed by atoms with Crippen LogP contribution >= 0.6 is 0 Å². The van der Waals surface area contributed by atoms with Crippen LogP contribution in [-0.2, 0) is 6.42 Å². The number of nitrogens with one attached hydrogen (secondary N) is 1. The molecule has 1 unspecified atom stereocenters. The smallest absolute Gasteiger partial charge is 0.189 e. The molecule has 3 N–H and O–H groups in total. The van der Waals surface area contributed by atoms with E-state index in [1.165, 1.54) is 11.1 Å². The van der Waals surface area contributed by atoms with Crippen LogP contribution in [0, 0.1) is 0 Å². The molecule has 0 spiro atoms. The van der Waals surface area contributed by atoms with E-state index in [1.807, 2.05) is 0 Å². The molecule has 0 radical (unpaired) electrons. The predicted octanol–water partition coefficient (Wildman–Crippen LogP) is 2.38. The topological polar surface area (TPSA) is 50.4 Å². The molecule has 1 aliphatic carbocycles. The molecule has 0 heterocycles. The molecule has 3 heteroatoms. The predicted molar refractivity (Wildman–Crippen MR) is 72.0 cm³/mol. The second-order valence-electron chi connectivity index (χ2n) is 5.64. The average molecular weight is 231 g/mol. The monoisotopic (exact) mass is 231 g/mol. The number of guanidine groups is 1. The van der Waals surface area contributed by atoms with Gasteiger partial charge in [0.25, 0.3) is 0 Å². The van der Waals surface area contributed by atoms with Crippen LogP contribution in [0.5, 0.6) is 0 Å². The first kappa shape index (κ1) is 12.0. The summed E-state index contributed by atoms with van der Waals surface area (Å²) in [5.74, 6) is 0.541. The average Bonchev–Trinajstić information content (AvgIpc) is 2.59. The summed E-state index contributed by atoms with van der Waals surface area (Å²) in [6, 6.07) is 8.71. The number of aliphatic imine (C=N–C) groups is 1. The van der Waals surface area contributed by atoms with Gasteiger partial charge in [-0.3, -0.25) is 0 Å². The first-order valence-electron chi connectivity index (χ1n) is 6.15. The van der Waals surface area contributed by atoms with Crippen molar-refractivity contribution in [2.45, 2.75) is 45.2 Å². The van der Waals surface area contributed by atoms with E-state index in [9.17, 15) is 0 Å². The Morgan fingerprint density at radius 2 is 2.06 bits per heavy atom. The molecule has 92 valence electrons. The molecule has 0 aromatic heterocycles. The summed E-state index contributed by atoms with van der Waals surface area (Å²) in [5.41, 5.74) is 8.63. The van der Waals surface area contributed by atoms with Gasteiger partial charge in [0.15, 0.2) is 5.96 Å². The van der Waals surface area contributed by atoms with Crippen LogP contribution in [-0.4, -0.2) is 11.5 Å². The van der Waals surface area contributed by atoms with Gasteiger partial charge in [-0.1, -0.05) is 24.3 Å². The lowest BCUT2D eigenvalue weighted by Gasteiger charge is -2.21. The van der Waals surface area contributed by atoms with Crippen LogP contribution in [0.25, 0.3) is 0 Å². The third-order valence-corrected chi connectivity index (χ3v) is 2.90. The molecule has 1 aliphatic rings. The fourth-order valence-electron chi connectivity index (χ4n) is 2.25. The highest BCUT2D eigenvalue weighted by molar-refractivity contribution is 5.79. The Hall–Kier alpha value is -1.51. The zero-order valence-corrected chi connectivity index (χ0v) is 10.8. The minimum atomic E-state index is -0.0360. The quantitative estimate of drug-likeness (QED) is 0.576. The molecular formula is C14H21N3. The zero-order chi connectivity index (χ0) is 12.5. The number of aryl methyl sites for hydroxylation is 1. The van der Waals surface area contributed by atoms with Gasteiger partial charge in [0, 0.05) is 5.54 Å². The van der Waals surface area contributed by atoms with Crippen molar-refractivity contribution in [3.8, 4) is 0 Å². The Balaban J connectivity index is 2.13. The standard InChI is InChI=1S/C14H21N3/c1-14(2,3)17-13(15)16-12-9-8-10-6-4-5-7-11(10)12/h4-7,12H,8-9H2,1-3H3,(H3,15,16,17). The molecule has 17 heavy (non-hydrogen) atoms. The lowest BCUT2D eigenvalue weighted by molar-refractivity contribution is 0.506. The molecule has 2 rings (SSSR count). The van der Waals surface area contributed by atoms with Crippen LogP contribution in [0.2, 0.25) is 0 Å². The number of hydrogen-bond acceptors (Lipinski definition) is 1. The highest BCUT2D eigenvalue weighted by Gasteiger charge is 2.22. The number of fused-ring (bicyclic) bond motifs is 1. The Morgan fingerprint density at radius 3 is 2.76 bits per heavy atom. The Labute approximate surface area is 103 Å². The van der Waals surface area contributed by atoms with Gasteiger partial charge in [-0.05, 0) is 44.7 Å². The zero-order valence-electron chi connectivity index (χ0n) is 10.8. The summed E-state index contributed by atoms with van der Waals surface area (Å²) in [7, 11) is 0. The summed E-state index contributed by atoms with van der Waals surface area (Å²) < 4.78 is 0. The Morgan fingerprint density at radius 1 is 1.35 bits per heavy atom. The van der Waals surface area contributed by atoms with Gasteiger partial charge in [0.1, 0.15) is 0 Å². The van der Waals surface area contributed by atoms with Crippen molar-refractivity contribution in [1.82, 2.24) is 5.32 Å². The molecule has 0 saturated carbocycles. The number of hydrogen-bond donors (Lipinski definition) is 2. The number of rotatable bonds is 1. The van der Waals surface area contributed by atoms with Crippen molar-refractivity contribution in [1.29, 1.82) is 0 Å². The Bertz CT molecular complexity index is 429. The lowest BCUT2D eigenvalue weighted by atomic mass is 10.1. The SMILES string of the molecule is CC(C)(C)NC(N)=NC1CCc2ccccc21. The fourth-order valence-corrected chi connectivity index (χ4v) is 2.25.